The van der Waals surface area contributed by atoms with Crippen LogP contribution in [0.25, 0.3) is 0 Å². The first-order valence-corrected chi connectivity index (χ1v) is 29.2. The van der Waals surface area contributed by atoms with Gasteiger partial charge in [-0.1, -0.05) is 13.8 Å². The quantitative estimate of drug-likeness (QED) is 0.0231. The van der Waals surface area contributed by atoms with Crippen molar-refractivity contribution < 1.29 is 145 Å². The molecule has 7 heterocycles. The highest BCUT2D eigenvalue weighted by molar-refractivity contribution is 6.63. The lowest BCUT2D eigenvalue weighted by Gasteiger charge is -2.43. The van der Waals surface area contributed by atoms with Crippen LogP contribution in [-0.2, 0) is 80.8 Å². The number of carbonyl (C=O) groups is 6. The summed E-state index contributed by atoms with van der Waals surface area (Å²) in [6, 6.07) is 0. The molecule has 0 radical (unpaired) electrons. The van der Waals surface area contributed by atoms with Gasteiger partial charge in [-0.25, -0.2) is 47.5 Å². The number of aliphatic hydroxyl groups is 7. The van der Waals surface area contributed by atoms with Crippen LogP contribution in [0.1, 0.15) is 28.1 Å². The average molecular weight is 1450 g/mol. The van der Waals surface area contributed by atoms with Crippen LogP contribution in [0.4, 0.5) is 27.2 Å². The van der Waals surface area contributed by atoms with E-state index < -0.39 is 228 Å². The van der Waals surface area contributed by atoms with Crippen LogP contribution in [0, 0.1) is 41.1 Å². The van der Waals surface area contributed by atoms with Crippen LogP contribution in [0.15, 0.2) is 47.4 Å². The zero-order chi connectivity index (χ0) is 74.9. The van der Waals surface area contributed by atoms with Crippen molar-refractivity contribution in [3.8, 4) is 0 Å². The van der Waals surface area contributed by atoms with Gasteiger partial charge < -0.3 is 102 Å². The summed E-state index contributed by atoms with van der Waals surface area (Å²) < 4.78 is 122. The van der Waals surface area contributed by atoms with E-state index in [1.54, 1.807) is 28.8 Å². The average Bonchev–Trinajstić information content (AvgIpc) is 0.796. The van der Waals surface area contributed by atoms with Gasteiger partial charge in [0.25, 0.3) is 16.7 Å². The molecule has 4 fully saturated rings. The molecule has 0 bridgehead atoms. The Morgan fingerprint density at radius 3 is 1.20 bits per heavy atom. The number of carbonyl (C=O) groups excluding carboxylic acids is 6. The zero-order valence-electron chi connectivity index (χ0n) is 54.3. The Hall–Kier alpha value is -7.53. The number of hydrogen-bond acceptors (Lipinski definition) is 32. The number of hydrogen-bond donors (Lipinski definition) is 11. The van der Waals surface area contributed by atoms with Crippen LogP contribution < -0.4 is 33.7 Å². The number of aromatic amines is 4. The molecule has 4 aliphatic rings. The summed E-state index contributed by atoms with van der Waals surface area (Å²) in [5, 5.41) is 72.9. The third-order valence-electron chi connectivity index (χ3n) is 15.2. The maximum Gasteiger partial charge on any atom is 0.422 e. The van der Waals surface area contributed by atoms with Gasteiger partial charge in [-0.15, -0.1) is 0 Å². The number of ether oxygens (including phenoxy) is 13. The molecular weight excluding hydrogens is 1370 g/mol. The molecule has 0 amide bonds. The number of nitrogens with zero attached hydrogens (tertiary/aromatic N) is 2. The van der Waals surface area contributed by atoms with E-state index in [2.05, 4.69) is 0 Å². The maximum atomic E-state index is 13.7. The minimum Gasteiger partial charge on any atom is -0.467 e. The van der Waals surface area contributed by atoms with Crippen molar-refractivity contribution in [3.05, 3.63) is 98.6 Å². The lowest BCUT2D eigenvalue weighted by Crippen LogP contribution is -2.61. The number of H-pyrrole nitrogens is 4. The highest BCUT2D eigenvalue weighted by Crippen LogP contribution is 2.34. The molecule has 8 unspecified atom stereocenters. The minimum atomic E-state index is -1.74. The van der Waals surface area contributed by atoms with E-state index in [4.69, 9.17) is 74.6 Å². The Morgan fingerprint density at radius 1 is 0.500 bits per heavy atom. The van der Waals surface area contributed by atoms with Gasteiger partial charge >= 0.3 is 52.4 Å². The van der Waals surface area contributed by atoms with E-state index in [0.717, 1.165) is 21.3 Å². The van der Waals surface area contributed by atoms with Gasteiger partial charge in [0, 0.05) is 44.1 Å². The fourth-order valence-corrected chi connectivity index (χ4v) is 10.3. The molecule has 38 nitrogen and oxygen atoms in total. The first kappa shape index (κ1) is 82.9. The van der Waals surface area contributed by atoms with E-state index in [9.17, 15) is 111 Å². The summed E-state index contributed by atoms with van der Waals surface area (Å²) in [5.74, 6) is -10.5. The predicted molar refractivity (Wildman–Crippen MR) is 314 cm³/mol. The number of alkyl halides is 1. The van der Waals surface area contributed by atoms with Gasteiger partial charge in [-0.3, -0.25) is 38.5 Å². The number of nitrogens with one attached hydrogen (secondary N) is 4. The Balaban J connectivity index is 0.000000393. The van der Waals surface area contributed by atoms with E-state index in [-0.39, 0.29) is 35.6 Å². The smallest absolute Gasteiger partial charge is 0.422 e. The summed E-state index contributed by atoms with van der Waals surface area (Å²) in [4.78, 5) is 144. The maximum absolute atomic E-state index is 13.7. The lowest BCUT2D eigenvalue weighted by molar-refractivity contribution is -0.238. The summed E-state index contributed by atoms with van der Waals surface area (Å²) in [6.45, 7) is 1.61. The van der Waals surface area contributed by atoms with Crippen LogP contribution in [0.3, 0.4) is 0 Å². The zero-order valence-corrected chi connectivity index (χ0v) is 54.0. The molecule has 7 rings (SSSR count). The van der Waals surface area contributed by atoms with Crippen molar-refractivity contribution in [2.45, 2.75) is 124 Å². The standard InChI is InChI=1S/C25H35FN2O15.C20H34O12.C5H2ClFN2O3.C4H3FN2O2.CH3F/c1-5-10-15(29)17(31)13(41-18(10)22(33)38-3)9-40-7-11-16(30)20(14(8-37-2)42-19(11)23(34)39-4)43-25(36)28-6-12(26)21(32)27-24(28)35;1-5-9-13(21)16(24)12(32-17(9)19(25)28-3)8-30-6-10-14(22)15(23)11(7-27-2)31-18(10)20(26)29-4;6-4(11)9-1-2(7)3(10)8-5(9)12;5-2-1-6-4(9)7-3(2)8;1-2/h6,10-11,13-20,29-31H,5,7-9H2,1-4H3,(H,27,32,35);9-18,21-24H,5-8H2,1-4H3;1H,(H,8,10,12);1H,(H2,6,7,8,9);1H3/t10-,11+,13+,14-,15-,16-,17?,18?,19?,20?;9-,10+,11-,12+,13-,14-,15?,16?,17?,18?;;;/m11.../s1/i;;;;1T. The van der Waals surface area contributed by atoms with Gasteiger partial charge in [-0.2, -0.15) is 13.2 Å². The van der Waals surface area contributed by atoms with Crippen LogP contribution in [-0.4, -0.2) is 287 Å². The number of halogens is 5. The number of esters is 4. The summed E-state index contributed by atoms with van der Waals surface area (Å²) in [7, 11) is 6.21. The van der Waals surface area contributed by atoms with Gasteiger partial charge in [-0.05, 0) is 24.4 Å². The van der Waals surface area contributed by atoms with Crippen molar-refractivity contribution in [1.82, 2.24) is 29.1 Å². The van der Waals surface area contributed by atoms with Crippen LogP contribution >= 0.6 is 11.6 Å². The van der Waals surface area contributed by atoms with Crippen molar-refractivity contribution in [3.63, 3.8) is 0 Å². The molecule has 0 spiro atoms. The SMILES string of the molecule is CC[C@H]1C(C(=O)OC)O[C@@H](COC[C@@H]2C(C(=O)OC)O[C@H](COC)C(O)[C@@H]2O)C(O)[C@@H]1O.CC[C@H]1C(C(=O)OC)O[C@@H](COC[C@@H]2C(C(=O)OC)O[C@H](COC)C(OC(=O)n3cc(F)c(=O)[nH]c3=O)[C@@H]2O)C(O)[C@@H]1O.O=C(Cl)n1cc(F)c(=O)[nH]c1=O.O=c1[nH]cc(F)c(=O)[nH]1.[3H]CF. The Labute approximate surface area is 555 Å². The van der Waals surface area contributed by atoms with Gasteiger partial charge in [0.2, 0.25) is 17.5 Å². The summed E-state index contributed by atoms with van der Waals surface area (Å²) >= 11 is 4.87. The van der Waals surface area contributed by atoms with E-state index >= 15 is 0 Å². The molecule has 0 aliphatic carbocycles. The molecule has 0 saturated carbocycles. The Bertz CT molecular complexity index is 3490. The first-order valence-electron chi connectivity index (χ1n) is 29.5. The van der Waals surface area contributed by atoms with Crippen molar-refractivity contribution >= 4 is 46.9 Å². The predicted octanol–water partition coefficient (Wildman–Crippen LogP) is -5.42. The normalized spacial score (nSPS) is 29.6. The molecule has 554 valence electrons. The molecule has 3 aromatic heterocycles. The third-order valence-corrected chi connectivity index (χ3v) is 15.4. The first-order chi connectivity index (χ1) is 46.7. The second-order valence-corrected chi connectivity index (χ2v) is 21.4. The second kappa shape index (κ2) is 40.5. The van der Waals surface area contributed by atoms with E-state index in [1.807, 2.05) is 4.98 Å². The van der Waals surface area contributed by atoms with E-state index in [1.165, 1.54) is 21.3 Å². The molecule has 11 N–H and O–H groups in total. The molecule has 43 heteroatoms. The van der Waals surface area contributed by atoms with E-state index in [0.29, 0.717) is 31.4 Å². The molecular formula is C55H77ClF4N6O32. The number of aliphatic hydroxyl groups excluding tert-OH is 7. The lowest BCUT2D eigenvalue weighted by atomic mass is 9.84. The second-order valence-electron chi connectivity index (χ2n) is 21.1. The topological polar surface area (TPSA) is 539 Å². The molecule has 4 aliphatic heterocycles. The van der Waals surface area contributed by atoms with Crippen LogP contribution in [0.5, 0.6) is 0 Å². The molecule has 3 aromatic rings. The number of aromatic nitrogens is 6. The van der Waals surface area contributed by atoms with Crippen LogP contribution in [0.2, 0.25) is 0 Å². The Kier molecular flexibility index (Phi) is 34.3. The van der Waals surface area contributed by atoms with Crippen molar-refractivity contribution in [2.24, 2.45) is 23.7 Å². The summed E-state index contributed by atoms with van der Waals surface area (Å²) in [6.07, 6.45) is -20.4. The third kappa shape index (κ3) is 22.0. The molecule has 0 aromatic carbocycles. The molecule has 98 heavy (non-hydrogen) atoms. The minimum absolute atomic E-state index is 0.0488. The fourth-order valence-electron chi connectivity index (χ4n) is 10.1. The number of methoxy groups -OCH3 is 6. The summed E-state index contributed by atoms with van der Waals surface area (Å²) in [5.41, 5.74) is -6.65. The van der Waals surface area contributed by atoms with Gasteiger partial charge in [0.1, 0.15) is 48.8 Å². The van der Waals surface area contributed by atoms with Gasteiger partial charge in [0.05, 0.1) is 107 Å². The molecule has 4 saturated heterocycles. The number of rotatable bonds is 19. The Morgan fingerprint density at radius 2 is 0.837 bits per heavy atom. The monoisotopic (exact) mass is 1450 g/mol. The van der Waals surface area contributed by atoms with Crippen molar-refractivity contribution in [1.29, 1.82) is 0 Å². The van der Waals surface area contributed by atoms with Crippen molar-refractivity contribution in [2.75, 3.05) is 89.5 Å². The molecule has 20 atom stereocenters. The fraction of sp³-hybridized carbons (Fsp3) is 0.673. The largest absolute Gasteiger partial charge is 0.467 e. The van der Waals surface area contributed by atoms with Gasteiger partial charge in [0.15, 0.2) is 30.5 Å². The highest BCUT2D eigenvalue weighted by Gasteiger charge is 2.53. The highest BCUT2D eigenvalue weighted by atomic mass is 35.5.